The molecule has 0 spiro atoms. The van der Waals surface area contributed by atoms with Crippen molar-refractivity contribution in [1.82, 2.24) is 14.9 Å². The van der Waals surface area contributed by atoms with Gasteiger partial charge in [0.15, 0.2) is 5.82 Å². The van der Waals surface area contributed by atoms with Gasteiger partial charge in [0.25, 0.3) is 0 Å². The van der Waals surface area contributed by atoms with Crippen molar-refractivity contribution >= 4 is 5.91 Å². The number of benzene rings is 2. The number of hydrogen-bond acceptors (Lipinski definition) is 3. The first-order valence-electron chi connectivity index (χ1n) is 8.68. The predicted octanol–water partition coefficient (Wildman–Crippen LogP) is 3.88. The standard InChI is InChI=1S/C22H19N3O/c1-2-20(26)25-14-13-18-19(15-25)23-22(17-11-7-4-8-12-17)24-21(18)16-9-5-3-6-10-16/h2-12H,1,13-15H2. The summed E-state index contributed by atoms with van der Waals surface area (Å²) in [4.78, 5) is 23.5. The van der Waals surface area contributed by atoms with Crippen LogP contribution in [0, 0.1) is 0 Å². The fourth-order valence-electron chi connectivity index (χ4n) is 3.30. The van der Waals surface area contributed by atoms with E-state index >= 15 is 0 Å². The maximum atomic E-state index is 12.1. The molecule has 4 rings (SSSR count). The number of rotatable bonds is 3. The Morgan fingerprint density at radius 3 is 2.27 bits per heavy atom. The molecule has 0 fully saturated rings. The molecule has 0 unspecified atom stereocenters. The van der Waals surface area contributed by atoms with Gasteiger partial charge in [-0.25, -0.2) is 9.97 Å². The molecule has 1 aliphatic heterocycles. The molecule has 4 heteroatoms. The second kappa shape index (κ2) is 6.92. The quantitative estimate of drug-likeness (QED) is 0.679. The Balaban J connectivity index is 1.86. The molecule has 0 atom stereocenters. The average Bonchev–Trinajstić information content (AvgIpc) is 2.73. The Bertz CT molecular complexity index is 952. The number of amides is 1. The fraction of sp³-hybridized carbons (Fsp3) is 0.136. The van der Waals surface area contributed by atoms with E-state index in [0.717, 1.165) is 34.5 Å². The molecule has 0 saturated carbocycles. The van der Waals surface area contributed by atoms with E-state index in [1.165, 1.54) is 6.08 Å². The average molecular weight is 341 g/mol. The Morgan fingerprint density at radius 1 is 0.962 bits per heavy atom. The molecule has 128 valence electrons. The maximum Gasteiger partial charge on any atom is 0.246 e. The largest absolute Gasteiger partial charge is 0.333 e. The lowest BCUT2D eigenvalue weighted by Gasteiger charge is -2.28. The molecule has 1 amide bonds. The summed E-state index contributed by atoms with van der Waals surface area (Å²) >= 11 is 0. The number of carbonyl (C=O) groups is 1. The van der Waals surface area contributed by atoms with Gasteiger partial charge >= 0.3 is 0 Å². The molecule has 0 aliphatic carbocycles. The first-order valence-corrected chi connectivity index (χ1v) is 8.68. The maximum absolute atomic E-state index is 12.1. The highest BCUT2D eigenvalue weighted by Crippen LogP contribution is 2.30. The van der Waals surface area contributed by atoms with Gasteiger partial charge in [-0.3, -0.25) is 4.79 Å². The van der Waals surface area contributed by atoms with E-state index in [0.29, 0.717) is 18.9 Å². The highest BCUT2D eigenvalue weighted by atomic mass is 16.2. The summed E-state index contributed by atoms with van der Waals surface area (Å²) in [6.07, 6.45) is 2.11. The second-order valence-electron chi connectivity index (χ2n) is 6.27. The van der Waals surface area contributed by atoms with E-state index in [1.807, 2.05) is 48.5 Å². The predicted molar refractivity (Wildman–Crippen MR) is 102 cm³/mol. The lowest BCUT2D eigenvalue weighted by molar-refractivity contribution is -0.126. The van der Waals surface area contributed by atoms with Gasteiger partial charge in [0.1, 0.15) is 0 Å². The molecule has 2 aromatic carbocycles. The van der Waals surface area contributed by atoms with Crippen LogP contribution in [0.1, 0.15) is 11.3 Å². The first kappa shape index (κ1) is 16.2. The molecule has 1 aliphatic rings. The molecule has 0 bridgehead atoms. The Kier molecular flexibility index (Phi) is 4.32. The van der Waals surface area contributed by atoms with Crippen LogP contribution >= 0.6 is 0 Å². The van der Waals surface area contributed by atoms with Gasteiger partial charge in [-0.2, -0.15) is 0 Å². The van der Waals surface area contributed by atoms with Crippen LogP contribution in [0.25, 0.3) is 22.6 Å². The van der Waals surface area contributed by atoms with Crippen molar-refractivity contribution in [2.24, 2.45) is 0 Å². The van der Waals surface area contributed by atoms with E-state index in [2.05, 4.69) is 18.7 Å². The summed E-state index contributed by atoms with van der Waals surface area (Å²) in [5.41, 5.74) is 5.05. The molecular weight excluding hydrogens is 322 g/mol. The second-order valence-corrected chi connectivity index (χ2v) is 6.27. The lowest BCUT2D eigenvalue weighted by Crippen LogP contribution is -2.35. The van der Waals surface area contributed by atoms with Crippen LogP contribution in [0.5, 0.6) is 0 Å². The zero-order chi connectivity index (χ0) is 17.9. The lowest BCUT2D eigenvalue weighted by atomic mass is 9.97. The van der Waals surface area contributed by atoms with Crippen LogP contribution in [-0.2, 0) is 17.8 Å². The number of fused-ring (bicyclic) bond motifs is 1. The summed E-state index contributed by atoms with van der Waals surface area (Å²) < 4.78 is 0. The van der Waals surface area contributed by atoms with Gasteiger partial charge in [0.2, 0.25) is 5.91 Å². The molecule has 1 aromatic heterocycles. The van der Waals surface area contributed by atoms with Crippen LogP contribution in [-0.4, -0.2) is 27.3 Å². The third-order valence-corrected chi connectivity index (χ3v) is 4.63. The summed E-state index contributed by atoms with van der Waals surface area (Å²) in [5.74, 6) is 0.632. The van der Waals surface area contributed by atoms with Crippen molar-refractivity contribution in [2.75, 3.05) is 6.54 Å². The molecule has 0 radical (unpaired) electrons. The van der Waals surface area contributed by atoms with Crippen molar-refractivity contribution in [3.8, 4) is 22.6 Å². The number of aromatic nitrogens is 2. The van der Waals surface area contributed by atoms with Crippen LogP contribution < -0.4 is 0 Å². The third-order valence-electron chi connectivity index (χ3n) is 4.63. The van der Waals surface area contributed by atoms with Crippen molar-refractivity contribution < 1.29 is 4.79 Å². The van der Waals surface area contributed by atoms with Crippen LogP contribution in [0.2, 0.25) is 0 Å². The van der Waals surface area contributed by atoms with E-state index in [-0.39, 0.29) is 5.91 Å². The van der Waals surface area contributed by atoms with Gasteiger partial charge < -0.3 is 4.90 Å². The summed E-state index contributed by atoms with van der Waals surface area (Å²) in [6, 6.07) is 20.1. The Morgan fingerprint density at radius 2 is 1.62 bits per heavy atom. The molecule has 2 heterocycles. The third kappa shape index (κ3) is 3.02. The van der Waals surface area contributed by atoms with Crippen LogP contribution in [0.3, 0.4) is 0 Å². The topological polar surface area (TPSA) is 46.1 Å². The number of hydrogen-bond donors (Lipinski definition) is 0. The minimum atomic E-state index is -0.0585. The molecule has 0 N–H and O–H groups in total. The number of nitrogens with zero attached hydrogens (tertiary/aromatic N) is 3. The van der Waals surface area contributed by atoms with Gasteiger partial charge in [-0.05, 0) is 12.5 Å². The minimum Gasteiger partial charge on any atom is -0.333 e. The van der Waals surface area contributed by atoms with E-state index < -0.39 is 0 Å². The van der Waals surface area contributed by atoms with Crippen molar-refractivity contribution in [1.29, 1.82) is 0 Å². The van der Waals surface area contributed by atoms with Gasteiger partial charge in [-0.15, -0.1) is 0 Å². The highest BCUT2D eigenvalue weighted by Gasteiger charge is 2.25. The summed E-state index contributed by atoms with van der Waals surface area (Å²) in [6.45, 7) is 4.75. The monoisotopic (exact) mass is 341 g/mol. The Labute approximate surface area is 152 Å². The van der Waals surface area contributed by atoms with Gasteiger partial charge in [0.05, 0.1) is 17.9 Å². The summed E-state index contributed by atoms with van der Waals surface area (Å²) in [5, 5.41) is 0. The molecular formula is C22H19N3O. The van der Waals surface area contributed by atoms with Crippen molar-refractivity contribution in [3.63, 3.8) is 0 Å². The van der Waals surface area contributed by atoms with E-state index in [4.69, 9.17) is 9.97 Å². The highest BCUT2D eigenvalue weighted by molar-refractivity contribution is 5.87. The fourth-order valence-corrected chi connectivity index (χ4v) is 3.30. The summed E-state index contributed by atoms with van der Waals surface area (Å²) in [7, 11) is 0. The normalized spacial score (nSPS) is 13.2. The SMILES string of the molecule is C=CC(=O)N1CCc2c(nc(-c3ccccc3)nc2-c2ccccc2)C1. The van der Waals surface area contributed by atoms with Crippen LogP contribution in [0.15, 0.2) is 73.3 Å². The van der Waals surface area contributed by atoms with Gasteiger partial charge in [0, 0.05) is 23.2 Å². The Hall–Kier alpha value is -3.27. The van der Waals surface area contributed by atoms with Crippen molar-refractivity contribution in [2.45, 2.75) is 13.0 Å². The minimum absolute atomic E-state index is 0.0585. The smallest absolute Gasteiger partial charge is 0.246 e. The molecule has 0 saturated heterocycles. The molecule has 4 nitrogen and oxygen atoms in total. The van der Waals surface area contributed by atoms with Gasteiger partial charge in [-0.1, -0.05) is 67.2 Å². The van der Waals surface area contributed by atoms with E-state index in [1.54, 1.807) is 4.90 Å². The first-order chi connectivity index (χ1) is 12.8. The number of carbonyl (C=O) groups excluding carboxylic acids is 1. The van der Waals surface area contributed by atoms with Crippen LogP contribution in [0.4, 0.5) is 0 Å². The zero-order valence-electron chi connectivity index (χ0n) is 14.4. The van der Waals surface area contributed by atoms with E-state index in [9.17, 15) is 4.79 Å². The zero-order valence-corrected chi connectivity index (χ0v) is 14.4. The molecule has 3 aromatic rings. The molecule has 26 heavy (non-hydrogen) atoms. The van der Waals surface area contributed by atoms with Crippen molar-refractivity contribution in [3.05, 3.63) is 84.6 Å².